The number of hydrogen-bond donors (Lipinski definition) is 1. The summed E-state index contributed by atoms with van der Waals surface area (Å²) in [7, 11) is 0. The summed E-state index contributed by atoms with van der Waals surface area (Å²) in [5.41, 5.74) is 1.45. The molecule has 0 radical (unpaired) electrons. The van der Waals surface area contributed by atoms with Gasteiger partial charge in [-0.25, -0.2) is 4.98 Å². The molecule has 4 nitrogen and oxygen atoms in total. The lowest BCUT2D eigenvalue weighted by Gasteiger charge is -2.12. The van der Waals surface area contributed by atoms with Gasteiger partial charge in [0.15, 0.2) is 10.3 Å². The van der Waals surface area contributed by atoms with Gasteiger partial charge in [-0.2, -0.15) is 0 Å². The molecule has 20 heavy (non-hydrogen) atoms. The van der Waals surface area contributed by atoms with Gasteiger partial charge in [-0.05, 0) is 32.0 Å². The van der Waals surface area contributed by atoms with Crippen LogP contribution in [0.2, 0.25) is 4.47 Å². The number of ketones is 1. The zero-order valence-corrected chi connectivity index (χ0v) is 12.8. The summed E-state index contributed by atoms with van der Waals surface area (Å²) in [5.74, 6) is 0.755. The molecule has 1 heterocycles. The number of nitrogens with zero attached hydrogens (tertiary/aromatic N) is 1. The van der Waals surface area contributed by atoms with Gasteiger partial charge in [-0.15, -0.1) is 11.3 Å². The minimum absolute atomic E-state index is 0.0249. The van der Waals surface area contributed by atoms with E-state index in [9.17, 15) is 4.79 Å². The Kier molecular flexibility index (Phi) is 4.98. The zero-order valence-electron chi connectivity index (χ0n) is 11.3. The Hall–Kier alpha value is -1.59. The summed E-state index contributed by atoms with van der Waals surface area (Å²) in [6, 6.07) is 5.38. The average Bonchev–Trinajstić information content (AvgIpc) is 2.83. The fraction of sp³-hybridized carbons (Fsp3) is 0.286. The van der Waals surface area contributed by atoms with Crippen molar-refractivity contribution in [2.45, 2.75) is 20.4 Å². The van der Waals surface area contributed by atoms with Gasteiger partial charge in [-0.1, -0.05) is 11.6 Å². The Morgan fingerprint density at radius 3 is 2.90 bits per heavy atom. The van der Waals surface area contributed by atoms with Crippen molar-refractivity contribution >= 4 is 34.4 Å². The van der Waals surface area contributed by atoms with Crippen LogP contribution in [0.3, 0.4) is 0 Å². The summed E-state index contributed by atoms with van der Waals surface area (Å²) in [4.78, 5) is 16.5. The van der Waals surface area contributed by atoms with Crippen LogP contribution in [0.4, 0.5) is 5.69 Å². The van der Waals surface area contributed by atoms with E-state index in [2.05, 4.69) is 10.3 Å². The first-order valence-corrected chi connectivity index (χ1v) is 7.41. The molecule has 0 aliphatic carbocycles. The van der Waals surface area contributed by atoms with Crippen molar-refractivity contribution in [2.24, 2.45) is 0 Å². The van der Waals surface area contributed by atoms with Crippen LogP contribution >= 0.6 is 22.9 Å². The maximum absolute atomic E-state index is 11.5. The number of ether oxygens (including phenoxy) is 1. The van der Waals surface area contributed by atoms with Crippen molar-refractivity contribution < 1.29 is 9.53 Å². The first kappa shape index (κ1) is 14.8. The Bertz CT molecular complexity index is 613. The smallest absolute Gasteiger partial charge is 0.183 e. The quantitative estimate of drug-likeness (QED) is 0.819. The SMILES string of the molecule is CCOc1ccc(C(C)=O)cc1NCc1cnc(Cl)s1. The van der Waals surface area contributed by atoms with E-state index in [1.165, 1.54) is 11.3 Å². The maximum Gasteiger partial charge on any atom is 0.183 e. The van der Waals surface area contributed by atoms with E-state index >= 15 is 0 Å². The molecule has 6 heteroatoms. The van der Waals surface area contributed by atoms with Crippen LogP contribution in [0.1, 0.15) is 29.1 Å². The monoisotopic (exact) mass is 310 g/mol. The van der Waals surface area contributed by atoms with Crippen LogP contribution < -0.4 is 10.1 Å². The summed E-state index contributed by atoms with van der Waals surface area (Å²) >= 11 is 7.22. The van der Waals surface area contributed by atoms with E-state index in [0.717, 1.165) is 16.3 Å². The van der Waals surface area contributed by atoms with Gasteiger partial charge in [0.05, 0.1) is 18.8 Å². The van der Waals surface area contributed by atoms with Crippen molar-refractivity contribution in [1.82, 2.24) is 4.98 Å². The number of thiazole rings is 1. The van der Waals surface area contributed by atoms with Crippen molar-refractivity contribution in [2.75, 3.05) is 11.9 Å². The van der Waals surface area contributed by atoms with Gasteiger partial charge in [0.1, 0.15) is 5.75 Å². The number of benzene rings is 1. The van der Waals surface area contributed by atoms with E-state index in [4.69, 9.17) is 16.3 Å². The molecule has 2 rings (SSSR count). The third-order valence-electron chi connectivity index (χ3n) is 2.66. The number of nitrogens with one attached hydrogen (secondary N) is 1. The van der Waals surface area contributed by atoms with Crippen LogP contribution in [0.15, 0.2) is 24.4 Å². The number of rotatable bonds is 6. The van der Waals surface area contributed by atoms with E-state index < -0.39 is 0 Å². The molecule has 0 aliphatic heterocycles. The van der Waals surface area contributed by atoms with Crippen molar-refractivity contribution in [3.63, 3.8) is 0 Å². The lowest BCUT2D eigenvalue weighted by atomic mass is 10.1. The maximum atomic E-state index is 11.5. The largest absolute Gasteiger partial charge is 0.492 e. The van der Waals surface area contributed by atoms with E-state index in [0.29, 0.717) is 23.2 Å². The predicted octanol–water partition coefficient (Wildman–Crippen LogP) is 4.01. The molecule has 1 aromatic carbocycles. The Labute approximate surface area is 126 Å². The van der Waals surface area contributed by atoms with Gasteiger partial charge >= 0.3 is 0 Å². The molecule has 0 fully saturated rings. The number of carbonyl (C=O) groups excluding carboxylic acids is 1. The lowest BCUT2D eigenvalue weighted by Crippen LogP contribution is -2.03. The first-order valence-electron chi connectivity index (χ1n) is 6.22. The third-order valence-corrected chi connectivity index (χ3v) is 3.78. The fourth-order valence-electron chi connectivity index (χ4n) is 1.72. The second kappa shape index (κ2) is 6.72. The number of carbonyl (C=O) groups is 1. The van der Waals surface area contributed by atoms with Gasteiger partial charge in [-0.3, -0.25) is 4.79 Å². The lowest BCUT2D eigenvalue weighted by molar-refractivity contribution is 0.101. The molecule has 0 spiro atoms. The summed E-state index contributed by atoms with van der Waals surface area (Å²) in [6.07, 6.45) is 1.73. The second-order valence-electron chi connectivity index (χ2n) is 4.13. The van der Waals surface area contributed by atoms with Gasteiger partial charge in [0, 0.05) is 16.6 Å². The Morgan fingerprint density at radius 1 is 1.50 bits per heavy atom. The van der Waals surface area contributed by atoms with Crippen LogP contribution in [-0.2, 0) is 6.54 Å². The minimum Gasteiger partial charge on any atom is -0.492 e. The van der Waals surface area contributed by atoms with Crippen molar-refractivity contribution in [3.05, 3.63) is 39.3 Å². The van der Waals surface area contributed by atoms with Gasteiger partial charge in [0.25, 0.3) is 0 Å². The molecule has 0 unspecified atom stereocenters. The average molecular weight is 311 g/mol. The van der Waals surface area contributed by atoms with E-state index in [1.807, 2.05) is 13.0 Å². The highest BCUT2D eigenvalue weighted by Crippen LogP contribution is 2.27. The zero-order chi connectivity index (χ0) is 14.5. The Morgan fingerprint density at radius 2 is 2.30 bits per heavy atom. The van der Waals surface area contributed by atoms with Gasteiger partial charge in [0.2, 0.25) is 0 Å². The molecule has 0 aliphatic rings. The molecular formula is C14H15ClN2O2S. The molecule has 1 aromatic heterocycles. The van der Waals surface area contributed by atoms with Crippen LogP contribution in [-0.4, -0.2) is 17.4 Å². The van der Waals surface area contributed by atoms with Gasteiger partial charge < -0.3 is 10.1 Å². The first-order chi connectivity index (χ1) is 9.60. The molecule has 1 N–H and O–H groups in total. The molecule has 0 amide bonds. The number of Topliss-reactive ketones (excluding diaryl/α,β-unsaturated/α-hetero) is 1. The number of hydrogen-bond acceptors (Lipinski definition) is 5. The molecule has 0 saturated heterocycles. The molecular weight excluding hydrogens is 296 g/mol. The number of halogens is 1. The van der Waals surface area contributed by atoms with Crippen LogP contribution in [0.5, 0.6) is 5.75 Å². The van der Waals surface area contributed by atoms with Crippen molar-refractivity contribution in [1.29, 1.82) is 0 Å². The van der Waals surface area contributed by atoms with Crippen molar-refractivity contribution in [3.8, 4) is 5.75 Å². The normalized spacial score (nSPS) is 10.3. The molecule has 0 saturated carbocycles. The van der Waals surface area contributed by atoms with Crippen LogP contribution in [0, 0.1) is 0 Å². The molecule has 0 bridgehead atoms. The third kappa shape index (κ3) is 3.71. The highest BCUT2D eigenvalue weighted by Gasteiger charge is 2.08. The Balaban J connectivity index is 2.18. The summed E-state index contributed by atoms with van der Waals surface area (Å²) in [5, 5.41) is 3.26. The van der Waals surface area contributed by atoms with E-state index in [1.54, 1.807) is 25.3 Å². The highest BCUT2D eigenvalue weighted by molar-refractivity contribution is 7.15. The molecule has 106 valence electrons. The highest BCUT2D eigenvalue weighted by atomic mass is 35.5. The van der Waals surface area contributed by atoms with E-state index in [-0.39, 0.29) is 5.78 Å². The molecule has 0 atom stereocenters. The fourth-order valence-corrected chi connectivity index (χ4v) is 2.63. The minimum atomic E-state index is 0.0249. The number of anilines is 1. The standard InChI is InChI=1S/C14H15ClN2O2S/c1-3-19-13-5-4-10(9(2)18)6-12(13)16-7-11-8-17-14(15)20-11/h4-6,8,16H,3,7H2,1-2H3. The second-order valence-corrected chi connectivity index (χ2v) is 5.83. The van der Waals surface area contributed by atoms with Crippen LogP contribution in [0.25, 0.3) is 0 Å². The molecule has 2 aromatic rings. The summed E-state index contributed by atoms with van der Waals surface area (Å²) < 4.78 is 6.07. The predicted molar refractivity (Wildman–Crippen MR) is 82.1 cm³/mol. The summed E-state index contributed by atoms with van der Waals surface area (Å²) in [6.45, 7) is 4.63. The number of aromatic nitrogens is 1. The topological polar surface area (TPSA) is 51.2 Å².